The number of aliphatic hydroxyl groups excluding tert-OH is 1. The molecule has 0 aromatic carbocycles. The third kappa shape index (κ3) is 29.5. The monoisotopic (exact) mass is 480 g/mol. The topological polar surface area (TPSA) is 272 Å². The molecule has 33 heavy (non-hydrogen) atoms. The lowest BCUT2D eigenvalue weighted by Gasteiger charge is -2.07. The maximum absolute atomic E-state index is 10.3. The molecule has 13 nitrogen and oxygen atoms in total. The number of carboxylic acid groups (broad SMARTS) is 3. The number of nitrogens with two attached hydrogens (primary N) is 4. The van der Waals surface area contributed by atoms with Crippen LogP contribution in [0.15, 0.2) is 0 Å². The smallest absolute Gasteiger partial charge is 0.320 e. The molecule has 0 aromatic heterocycles. The fraction of sp³-hybridized carbons (Fsp3) is 0.800. The maximum Gasteiger partial charge on any atom is 0.320 e. The molecule has 0 amide bonds. The van der Waals surface area contributed by atoms with Crippen molar-refractivity contribution >= 4 is 23.9 Å². The fourth-order valence-corrected chi connectivity index (χ4v) is 2.22. The Morgan fingerprint density at radius 1 is 0.788 bits per heavy atom. The van der Waals surface area contributed by atoms with Crippen LogP contribution in [-0.4, -0.2) is 75.6 Å². The zero-order chi connectivity index (χ0) is 26.4. The van der Waals surface area contributed by atoms with Crippen LogP contribution in [0.4, 0.5) is 0 Å². The van der Waals surface area contributed by atoms with Crippen LogP contribution in [0, 0.1) is 11.3 Å². The zero-order valence-corrected chi connectivity index (χ0v) is 19.7. The van der Waals surface area contributed by atoms with Crippen LogP contribution in [-0.2, 0) is 14.4 Å². The van der Waals surface area contributed by atoms with Gasteiger partial charge in [0.2, 0.25) is 0 Å². The summed E-state index contributed by atoms with van der Waals surface area (Å²) in [4.78, 5) is 30.6. The van der Waals surface area contributed by atoms with E-state index in [9.17, 15) is 14.4 Å². The van der Waals surface area contributed by atoms with E-state index < -0.39 is 36.0 Å². The predicted octanol–water partition coefficient (Wildman–Crippen LogP) is -0.553. The van der Waals surface area contributed by atoms with Gasteiger partial charge in [-0.25, -0.2) is 0 Å². The average molecular weight is 481 g/mol. The summed E-state index contributed by atoms with van der Waals surface area (Å²) in [6, 6.07) is -2.21. The standard InChI is InChI=1S/C7H16N4O2.C7H15NO3.C6H13NO2/c8-5(6(12)13)3-1-2-4-11-7(9)10;8-6(7(10)11)4-2-1-3-5-9;1-4(2)3-5(7)6(8)9/h5H,1-4,8H2,(H,12,13)(H4,9,10,11);6,9H,1-5,8H2,(H,10,11);4-5H,3,7H2,1-2H3,(H,8,9)/t5-;;5-/m1.0/s1. The molecule has 0 aliphatic heterocycles. The molecule has 0 saturated heterocycles. The molecule has 0 heterocycles. The average Bonchev–Trinajstić information content (AvgIpc) is 2.70. The van der Waals surface area contributed by atoms with Gasteiger partial charge in [0.1, 0.15) is 18.1 Å². The van der Waals surface area contributed by atoms with E-state index in [0.717, 1.165) is 25.7 Å². The fourth-order valence-electron chi connectivity index (χ4n) is 2.22. The highest BCUT2D eigenvalue weighted by molar-refractivity contribution is 5.74. The molecule has 0 rings (SSSR count). The van der Waals surface area contributed by atoms with Crippen LogP contribution in [0.25, 0.3) is 0 Å². The highest BCUT2D eigenvalue weighted by Crippen LogP contribution is 2.02. The highest BCUT2D eigenvalue weighted by atomic mass is 16.4. The van der Waals surface area contributed by atoms with Gasteiger partial charge in [0, 0.05) is 13.2 Å². The first-order valence-corrected chi connectivity index (χ1v) is 10.9. The van der Waals surface area contributed by atoms with E-state index in [0.29, 0.717) is 38.1 Å². The van der Waals surface area contributed by atoms with E-state index in [2.05, 4.69) is 5.32 Å². The number of rotatable bonds is 15. The van der Waals surface area contributed by atoms with Crippen molar-refractivity contribution in [2.45, 2.75) is 83.3 Å². The molecular weight excluding hydrogens is 436 g/mol. The van der Waals surface area contributed by atoms with Gasteiger partial charge in [0.05, 0.1) is 0 Å². The van der Waals surface area contributed by atoms with Crippen molar-refractivity contribution in [2.24, 2.45) is 28.9 Å². The van der Waals surface area contributed by atoms with Gasteiger partial charge in [-0.15, -0.1) is 0 Å². The number of aliphatic carboxylic acids is 3. The van der Waals surface area contributed by atoms with Crippen molar-refractivity contribution in [3.8, 4) is 0 Å². The van der Waals surface area contributed by atoms with E-state index in [4.69, 9.17) is 48.8 Å². The van der Waals surface area contributed by atoms with Crippen molar-refractivity contribution < 1.29 is 34.8 Å². The van der Waals surface area contributed by atoms with Crippen LogP contribution < -0.4 is 28.3 Å². The van der Waals surface area contributed by atoms with Crippen molar-refractivity contribution in [1.82, 2.24) is 5.32 Å². The summed E-state index contributed by atoms with van der Waals surface area (Å²) in [6.07, 6.45) is 5.33. The van der Waals surface area contributed by atoms with E-state index in [-0.39, 0.29) is 12.6 Å². The Kier molecular flexibility index (Phi) is 24.2. The lowest BCUT2D eigenvalue weighted by Crippen LogP contribution is -2.32. The summed E-state index contributed by atoms with van der Waals surface area (Å²) in [5.74, 6) is -2.55. The first kappa shape index (κ1) is 35.1. The molecule has 14 N–H and O–H groups in total. The van der Waals surface area contributed by atoms with E-state index in [1.165, 1.54) is 0 Å². The largest absolute Gasteiger partial charge is 0.480 e. The van der Waals surface area contributed by atoms with Crippen LogP contribution in [0.2, 0.25) is 0 Å². The van der Waals surface area contributed by atoms with Gasteiger partial charge >= 0.3 is 17.9 Å². The Balaban J connectivity index is -0.000000416. The summed E-state index contributed by atoms with van der Waals surface area (Å²) in [7, 11) is 0. The quantitative estimate of drug-likeness (QED) is 0.0802. The Bertz CT molecular complexity index is 549. The Morgan fingerprint density at radius 2 is 1.21 bits per heavy atom. The third-order valence-corrected chi connectivity index (χ3v) is 4.11. The summed E-state index contributed by atoms with van der Waals surface area (Å²) in [6.45, 7) is 4.65. The van der Waals surface area contributed by atoms with Crippen LogP contribution in [0.3, 0.4) is 0 Å². The number of nitrogens with one attached hydrogen (secondary N) is 2. The summed E-state index contributed by atoms with van der Waals surface area (Å²) < 4.78 is 0. The molecule has 0 aliphatic rings. The van der Waals surface area contributed by atoms with Gasteiger partial charge in [-0.3, -0.25) is 19.8 Å². The summed E-state index contributed by atoms with van der Waals surface area (Å²) >= 11 is 0. The predicted molar refractivity (Wildman–Crippen MR) is 126 cm³/mol. The van der Waals surface area contributed by atoms with Crippen LogP contribution >= 0.6 is 0 Å². The van der Waals surface area contributed by atoms with E-state index >= 15 is 0 Å². The molecule has 1 unspecified atom stereocenters. The van der Waals surface area contributed by atoms with Gasteiger partial charge in [0.15, 0.2) is 5.96 Å². The minimum atomic E-state index is -0.973. The molecule has 0 saturated carbocycles. The molecule has 0 spiro atoms. The number of hydrogen-bond acceptors (Lipinski definition) is 8. The minimum Gasteiger partial charge on any atom is -0.480 e. The van der Waals surface area contributed by atoms with E-state index in [1.54, 1.807) is 0 Å². The molecule has 0 aliphatic carbocycles. The SMILES string of the molecule is CC(C)C[C@H](N)C(=O)O.N=C(N)NCCCC[C@@H](N)C(=O)O.NC(CCCCCO)C(=O)O. The number of unbranched alkanes of at least 4 members (excludes halogenated alkanes) is 3. The molecule has 0 bridgehead atoms. The number of carbonyl (C=O) groups is 3. The number of carboxylic acids is 3. The molecule has 196 valence electrons. The Hall–Kier alpha value is -2.48. The highest BCUT2D eigenvalue weighted by Gasteiger charge is 2.12. The van der Waals surface area contributed by atoms with Gasteiger partial charge in [-0.1, -0.05) is 26.7 Å². The second kappa shape index (κ2) is 22.7. The van der Waals surface area contributed by atoms with Crippen molar-refractivity contribution in [2.75, 3.05) is 13.2 Å². The minimum absolute atomic E-state index is 0.0671. The number of hydrogen-bond donors (Lipinski definition) is 10. The van der Waals surface area contributed by atoms with Gasteiger partial charge in [0.25, 0.3) is 0 Å². The molecule has 3 atom stereocenters. The Morgan fingerprint density at radius 3 is 1.52 bits per heavy atom. The lowest BCUT2D eigenvalue weighted by atomic mass is 10.1. The van der Waals surface area contributed by atoms with Crippen LogP contribution in [0.1, 0.15) is 65.2 Å². The van der Waals surface area contributed by atoms with Crippen molar-refractivity contribution in [3.63, 3.8) is 0 Å². The normalized spacial score (nSPS) is 12.8. The molecule has 0 radical (unpaired) electrons. The van der Waals surface area contributed by atoms with Gasteiger partial charge in [-0.2, -0.15) is 0 Å². The second-order valence-electron chi connectivity index (χ2n) is 7.87. The summed E-state index contributed by atoms with van der Waals surface area (Å²) in [5.41, 5.74) is 20.8. The van der Waals surface area contributed by atoms with E-state index in [1.807, 2.05) is 13.8 Å². The maximum atomic E-state index is 10.3. The third-order valence-electron chi connectivity index (χ3n) is 4.11. The first-order chi connectivity index (χ1) is 15.3. The van der Waals surface area contributed by atoms with Crippen LogP contribution in [0.5, 0.6) is 0 Å². The van der Waals surface area contributed by atoms with Gasteiger partial charge in [-0.05, 0) is 44.4 Å². The molecule has 13 heteroatoms. The number of aliphatic hydroxyl groups is 1. The summed E-state index contributed by atoms with van der Waals surface area (Å²) in [5, 5.41) is 42.9. The second-order valence-corrected chi connectivity index (χ2v) is 7.87. The molecule has 0 aromatic rings. The molecular formula is C20H44N6O7. The van der Waals surface area contributed by atoms with Crippen molar-refractivity contribution in [1.29, 1.82) is 5.41 Å². The Labute approximate surface area is 195 Å². The lowest BCUT2D eigenvalue weighted by molar-refractivity contribution is -0.139. The van der Waals surface area contributed by atoms with Gasteiger partial charge < -0.3 is 48.7 Å². The molecule has 0 fully saturated rings. The first-order valence-electron chi connectivity index (χ1n) is 10.9. The zero-order valence-electron chi connectivity index (χ0n) is 19.7. The number of guanidine groups is 1. The van der Waals surface area contributed by atoms with Crippen molar-refractivity contribution in [3.05, 3.63) is 0 Å².